The highest BCUT2D eigenvalue weighted by atomic mass is 32.2. The largest absolute Gasteiger partial charge is 0.491 e. The van der Waals surface area contributed by atoms with Crippen molar-refractivity contribution in [2.24, 2.45) is 5.92 Å². The SMILES string of the molecule is CSc1ccc(S(=O)(=O)Nc2ccc(OC(C)C)cc2)cc1C(=O)N1CCC(C)CC1. The summed E-state index contributed by atoms with van der Waals surface area (Å²) >= 11 is 1.44. The van der Waals surface area contributed by atoms with Crippen LogP contribution in [0.3, 0.4) is 0 Å². The molecule has 0 saturated carbocycles. The van der Waals surface area contributed by atoms with Gasteiger partial charge in [0, 0.05) is 23.7 Å². The van der Waals surface area contributed by atoms with E-state index in [9.17, 15) is 13.2 Å². The number of benzene rings is 2. The van der Waals surface area contributed by atoms with Crippen LogP contribution >= 0.6 is 11.8 Å². The first-order valence-electron chi connectivity index (χ1n) is 10.5. The van der Waals surface area contributed by atoms with Crippen molar-refractivity contribution in [1.29, 1.82) is 0 Å². The fourth-order valence-electron chi connectivity index (χ4n) is 3.49. The lowest BCUT2D eigenvalue weighted by atomic mass is 9.98. The zero-order valence-corrected chi connectivity index (χ0v) is 20.1. The van der Waals surface area contributed by atoms with Crippen LogP contribution in [0.5, 0.6) is 5.75 Å². The molecule has 0 aliphatic carbocycles. The second-order valence-electron chi connectivity index (χ2n) is 8.13. The van der Waals surface area contributed by atoms with Gasteiger partial charge in [0.1, 0.15) is 5.75 Å². The minimum atomic E-state index is -3.84. The molecule has 6 nitrogen and oxygen atoms in total. The summed E-state index contributed by atoms with van der Waals surface area (Å²) in [4.78, 5) is 15.8. The van der Waals surface area contributed by atoms with Crippen LogP contribution in [0.2, 0.25) is 0 Å². The number of likely N-dealkylation sites (tertiary alicyclic amines) is 1. The normalized spacial score (nSPS) is 15.2. The third-order valence-corrected chi connectivity index (χ3v) is 7.44. The van der Waals surface area contributed by atoms with E-state index in [1.807, 2.05) is 25.0 Å². The summed E-state index contributed by atoms with van der Waals surface area (Å²) < 4.78 is 34.2. The van der Waals surface area contributed by atoms with E-state index in [4.69, 9.17) is 4.74 Å². The average Bonchev–Trinajstić information content (AvgIpc) is 2.74. The highest BCUT2D eigenvalue weighted by molar-refractivity contribution is 7.98. The molecule has 0 atom stereocenters. The Balaban J connectivity index is 1.82. The molecule has 0 radical (unpaired) electrons. The fraction of sp³-hybridized carbons (Fsp3) is 0.435. The fourth-order valence-corrected chi connectivity index (χ4v) is 5.15. The molecule has 0 aromatic heterocycles. The maximum absolute atomic E-state index is 13.1. The van der Waals surface area contributed by atoms with E-state index in [1.54, 1.807) is 36.4 Å². The smallest absolute Gasteiger partial charge is 0.261 e. The van der Waals surface area contributed by atoms with E-state index in [-0.39, 0.29) is 16.9 Å². The summed E-state index contributed by atoms with van der Waals surface area (Å²) in [6.45, 7) is 7.45. The van der Waals surface area contributed by atoms with Crippen molar-refractivity contribution < 1.29 is 17.9 Å². The number of thioether (sulfide) groups is 1. The Hall–Kier alpha value is -2.19. The van der Waals surface area contributed by atoms with Crippen molar-refractivity contribution in [2.75, 3.05) is 24.1 Å². The number of nitrogens with one attached hydrogen (secondary N) is 1. The lowest BCUT2D eigenvalue weighted by molar-refractivity contribution is 0.0693. The zero-order chi connectivity index (χ0) is 22.6. The number of anilines is 1. The van der Waals surface area contributed by atoms with E-state index in [0.29, 0.717) is 36.0 Å². The van der Waals surface area contributed by atoms with Gasteiger partial charge in [-0.25, -0.2) is 8.42 Å². The van der Waals surface area contributed by atoms with Crippen molar-refractivity contribution in [1.82, 2.24) is 4.90 Å². The Morgan fingerprint density at radius 3 is 2.35 bits per heavy atom. The van der Waals surface area contributed by atoms with Gasteiger partial charge in [0.2, 0.25) is 0 Å². The van der Waals surface area contributed by atoms with Crippen LogP contribution in [-0.2, 0) is 10.0 Å². The lowest BCUT2D eigenvalue weighted by Crippen LogP contribution is -2.38. The van der Waals surface area contributed by atoms with Crippen LogP contribution in [0.1, 0.15) is 44.0 Å². The van der Waals surface area contributed by atoms with Gasteiger partial charge in [-0.2, -0.15) is 0 Å². The highest BCUT2D eigenvalue weighted by Gasteiger charge is 2.25. The molecule has 1 fully saturated rings. The molecule has 31 heavy (non-hydrogen) atoms. The van der Waals surface area contributed by atoms with Crippen molar-refractivity contribution in [2.45, 2.75) is 49.5 Å². The van der Waals surface area contributed by atoms with Crippen LogP contribution in [0.25, 0.3) is 0 Å². The first kappa shape index (κ1) is 23.5. The molecule has 1 saturated heterocycles. The van der Waals surface area contributed by atoms with E-state index >= 15 is 0 Å². The second-order valence-corrected chi connectivity index (χ2v) is 10.7. The first-order chi connectivity index (χ1) is 14.7. The molecule has 2 aromatic rings. The number of ether oxygens (including phenoxy) is 1. The van der Waals surface area contributed by atoms with Gasteiger partial charge in [0.05, 0.1) is 16.6 Å². The van der Waals surface area contributed by atoms with Crippen molar-refractivity contribution >= 4 is 33.4 Å². The number of nitrogens with zero attached hydrogens (tertiary/aromatic N) is 1. The highest BCUT2D eigenvalue weighted by Crippen LogP contribution is 2.28. The van der Waals surface area contributed by atoms with Crippen LogP contribution in [0.15, 0.2) is 52.3 Å². The molecule has 1 aliphatic rings. The summed E-state index contributed by atoms with van der Waals surface area (Å²) in [5, 5.41) is 0. The molecule has 1 amide bonds. The number of rotatable bonds is 7. The van der Waals surface area contributed by atoms with E-state index < -0.39 is 10.0 Å². The number of hydrogen-bond acceptors (Lipinski definition) is 5. The maximum atomic E-state index is 13.1. The number of sulfonamides is 1. The Morgan fingerprint density at radius 1 is 1.13 bits per heavy atom. The van der Waals surface area contributed by atoms with E-state index in [1.165, 1.54) is 17.8 Å². The topological polar surface area (TPSA) is 75.7 Å². The van der Waals surface area contributed by atoms with E-state index in [0.717, 1.165) is 17.7 Å². The van der Waals surface area contributed by atoms with Gasteiger partial charge in [-0.1, -0.05) is 6.92 Å². The molecule has 0 spiro atoms. The number of hydrogen-bond donors (Lipinski definition) is 1. The summed E-state index contributed by atoms with van der Waals surface area (Å²) in [5.74, 6) is 1.17. The van der Waals surface area contributed by atoms with Gasteiger partial charge in [0.15, 0.2) is 0 Å². The van der Waals surface area contributed by atoms with Gasteiger partial charge in [-0.3, -0.25) is 9.52 Å². The maximum Gasteiger partial charge on any atom is 0.261 e. The predicted molar refractivity (Wildman–Crippen MR) is 126 cm³/mol. The van der Waals surface area contributed by atoms with Crippen molar-refractivity contribution in [3.05, 3.63) is 48.0 Å². The molecule has 2 aromatic carbocycles. The quantitative estimate of drug-likeness (QED) is 0.594. The van der Waals surface area contributed by atoms with Crippen molar-refractivity contribution in [3.8, 4) is 5.75 Å². The summed E-state index contributed by atoms with van der Waals surface area (Å²) in [5.41, 5.74) is 0.869. The summed E-state index contributed by atoms with van der Waals surface area (Å²) in [7, 11) is -3.84. The predicted octanol–water partition coefficient (Wildman–Crippen LogP) is 4.87. The Labute approximate surface area is 189 Å². The number of piperidine rings is 1. The van der Waals surface area contributed by atoms with Crippen molar-refractivity contribution in [3.63, 3.8) is 0 Å². The third-order valence-electron chi connectivity index (χ3n) is 5.26. The Bertz CT molecular complexity index is 1010. The molecular formula is C23H30N2O4S2. The van der Waals surface area contributed by atoms with Crippen LogP contribution in [-0.4, -0.2) is 44.7 Å². The molecule has 1 N–H and O–H groups in total. The van der Waals surface area contributed by atoms with Crippen LogP contribution in [0, 0.1) is 5.92 Å². The molecule has 1 aliphatic heterocycles. The molecular weight excluding hydrogens is 432 g/mol. The van der Waals surface area contributed by atoms with Gasteiger partial charge < -0.3 is 9.64 Å². The number of carbonyl (C=O) groups is 1. The number of amides is 1. The minimum Gasteiger partial charge on any atom is -0.491 e. The molecule has 0 bridgehead atoms. The zero-order valence-electron chi connectivity index (χ0n) is 18.4. The minimum absolute atomic E-state index is 0.0385. The molecule has 8 heteroatoms. The molecule has 3 rings (SSSR count). The number of carbonyl (C=O) groups excluding carboxylic acids is 1. The monoisotopic (exact) mass is 462 g/mol. The Kier molecular flexibility index (Phi) is 7.54. The van der Waals surface area contributed by atoms with Crippen LogP contribution in [0.4, 0.5) is 5.69 Å². The van der Waals surface area contributed by atoms with E-state index in [2.05, 4.69) is 11.6 Å². The van der Waals surface area contributed by atoms with Gasteiger partial charge in [-0.05, 0) is 81.3 Å². The van der Waals surface area contributed by atoms with Gasteiger partial charge in [-0.15, -0.1) is 11.8 Å². The summed E-state index contributed by atoms with van der Waals surface area (Å²) in [6.07, 6.45) is 3.86. The summed E-state index contributed by atoms with van der Waals surface area (Å²) in [6, 6.07) is 11.5. The molecule has 1 heterocycles. The second kappa shape index (κ2) is 9.96. The van der Waals surface area contributed by atoms with Gasteiger partial charge in [0.25, 0.3) is 15.9 Å². The lowest BCUT2D eigenvalue weighted by Gasteiger charge is -2.30. The molecule has 0 unspecified atom stereocenters. The standard InChI is InChI=1S/C23H30N2O4S2/c1-16(2)29-19-7-5-18(6-8-19)24-31(27,28)20-9-10-22(30-4)21(15-20)23(26)25-13-11-17(3)12-14-25/h5-10,15-17,24H,11-14H2,1-4H3. The first-order valence-corrected chi connectivity index (χ1v) is 13.2. The van der Waals surface area contributed by atoms with Crippen LogP contribution < -0.4 is 9.46 Å². The van der Waals surface area contributed by atoms with Gasteiger partial charge >= 0.3 is 0 Å². The Morgan fingerprint density at radius 2 is 1.77 bits per heavy atom. The third kappa shape index (κ3) is 5.95. The average molecular weight is 463 g/mol. The molecule has 168 valence electrons.